The molecule has 1 N–H and O–H groups in total. The molecule has 0 unspecified atom stereocenters. The summed E-state index contributed by atoms with van der Waals surface area (Å²) >= 11 is 0. The van der Waals surface area contributed by atoms with E-state index in [1.807, 2.05) is 24.3 Å². The maximum Gasteiger partial charge on any atom is 0.249 e. The van der Waals surface area contributed by atoms with Gasteiger partial charge in [-0.2, -0.15) is 15.3 Å². The lowest BCUT2D eigenvalue weighted by Gasteiger charge is -2.36. The predicted octanol–water partition coefficient (Wildman–Crippen LogP) is 2.81. The molecule has 0 aliphatic carbocycles. The number of anilines is 4. The average molecular weight is 357 g/mol. The molecule has 7 nitrogen and oxygen atoms in total. The van der Waals surface area contributed by atoms with E-state index in [0.717, 1.165) is 32.0 Å². The van der Waals surface area contributed by atoms with Crippen LogP contribution in [0.5, 0.6) is 0 Å². The van der Waals surface area contributed by atoms with Crippen molar-refractivity contribution in [2.24, 2.45) is 0 Å². The maximum atomic E-state index is 9.21. The van der Waals surface area contributed by atoms with E-state index in [1.165, 1.54) is 5.69 Å². The minimum absolute atomic E-state index is 0.390. The van der Waals surface area contributed by atoms with Crippen LogP contribution >= 0.6 is 0 Å². The highest BCUT2D eigenvalue weighted by Gasteiger charge is 2.19. The molecule has 7 heteroatoms. The Bertz CT molecular complexity index is 944. The van der Waals surface area contributed by atoms with Gasteiger partial charge in [-0.1, -0.05) is 30.3 Å². The minimum atomic E-state index is 0.390. The largest absolute Gasteiger partial charge is 0.368 e. The highest BCUT2D eigenvalue weighted by molar-refractivity contribution is 5.63. The van der Waals surface area contributed by atoms with Gasteiger partial charge in [-0.3, -0.25) is 0 Å². The van der Waals surface area contributed by atoms with Gasteiger partial charge in [-0.05, 0) is 24.3 Å². The fourth-order valence-electron chi connectivity index (χ4n) is 3.14. The zero-order valence-corrected chi connectivity index (χ0v) is 14.8. The molecule has 2 aromatic carbocycles. The van der Waals surface area contributed by atoms with Crippen LogP contribution in [0.2, 0.25) is 0 Å². The zero-order chi connectivity index (χ0) is 18.5. The molecule has 0 amide bonds. The van der Waals surface area contributed by atoms with E-state index in [2.05, 4.69) is 60.6 Å². The van der Waals surface area contributed by atoms with E-state index < -0.39 is 0 Å². The number of nitriles is 1. The Morgan fingerprint density at radius 1 is 0.889 bits per heavy atom. The normalized spacial score (nSPS) is 13.9. The van der Waals surface area contributed by atoms with Crippen LogP contribution < -0.4 is 15.1 Å². The van der Waals surface area contributed by atoms with Crippen LogP contribution in [0.4, 0.5) is 23.1 Å². The highest BCUT2D eigenvalue weighted by atomic mass is 15.3. The number of nitrogens with one attached hydrogen (secondary N) is 1. The van der Waals surface area contributed by atoms with E-state index in [1.54, 1.807) is 12.3 Å². The Hall–Kier alpha value is -3.66. The molecule has 0 radical (unpaired) electrons. The monoisotopic (exact) mass is 357 g/mol. The summed E-state index contributed by atoms with van der Waals surface area (Å²) in [5, 5.41) is 20.4. The summed E-state index contributed by atoms with van der Waals surface area (Å²) in [5.74, 6) is 1.18. The summed E-state index contributed by atoms with van der Waals surface area (Å²) in [7, 11) is 0. The van der Waals surface area contributed by atoms with E-state index in [4.69, 9.17) is 0 Å². The van der Waals surface area contributed by atoms with Crippen molar-refractivity contribution >= 4 is 23.1 Å². The fourth-order valence-corrected chi connectivity index (χ4v) is 3.14. The van der Waals surface area contributed by atoms with Crippen LogP contribution in [0.3, 0.4) is 0 Å². The molecule has 2 heterocycles. The Morgan fingerprint density at radius 3 is 2.37 bits per heavy atom. The van der Waals surface area contributed by atoms with Gasteiger partial charge in [-0.15, -0.1) is 5.10 Å². The second-order valence-electron chi connectivity index (χ2n) is 6.23. The van der Waals surface area contributed by atoms with Crippen LogP contribution in [0.1, 0.15) is 5.56 Å². The maximum absolute atomic E-state index is 9.21. The Labute approximate surface area is 157 Å². The molecular weight excluding hydrogens is 338 g/mol. The van der Waals surface area contributed by atoms with Gasteiger partial charge in [0, 0.05) is 31.9 Å². The zero-order valence-electron chi connectivity index (χ0n) is 14.8. The van der Waals surface area contributed by atoms with Crippen molar-refractivity contribution in [2.75, 3.05) is 41.3 Å². The molecule has 1 aliphatic rings. The summed E-state index contributed by atoms with van der Waals surface area (Å²) in [4.78, 5) is 9.15. The van der Waals surface area contributed by atoms with Crippen molar-refractivity contribution in [2.45, 2.75) is 0 Å². The first-order valence-corrected chi connectivity index (χ1v) is 8.84. The van der Waals surface area contributed by atoms with Crippen LogP contribution in [0.25, 0.3) is 0 Å². The van der Waals surface area contributed by atoms with Gasteiger partial charge in [0.2, 0.25) is 5.95 Å². The first-order valence-electron chi connectivity index (χ1n) is 8.84. The summed E-state index contributed by atoms with van der Waals surface area (Å²) in [6, 6.07) is 19.9. The van der Waals surface area contributed by atoms with E-state index in [-0.39, 0.29) is 0 Å². The number of piperazine rings is 1. The van der Waals surface area contributed by atoms with Crippen molar-refractivity contribution in [3.63, 3.8) is 0 Å². The number of rotatable bonds is 4. The van der Waals surface area contributed by atoms with E-state index in [9.17, 15) is 5.26 Å². The third-order valence-electron chi connectivity index (χ3n) is 4.57. The quantitative estimate of drug-likeness (QED) is 0.769. The summed E-state index contributed by atoms with van der Waals surface area (Å²) < 4.78 is 0. The van der Waals surface area contributed by atoms with Gasteiger partial charge >= 0.3 is 0 Å². The number of hydrogen-bond donors (Lipinski definition) is 1. The van der Waals surface area contributed by atoms with Crippen molar-refractivity contribution in [3.05, 3.63) is 66.4 Å². The number of nitrogens with zero attached hydrogens (tertiary/aromatic N) is 6. The summed E-state index contributed by atoms with van der Waals surface area (Å²) in [5.41, 5.74) is 2.46. The summed E-state index contributed by atoms with van der Waals surface area (Å²) in [6.07, 6.45) is 1.68. The summed E-state index contributed by atoms with van der Waals surface area (Å²) in [6.45, 7) is 3.58. The van der Waals surface area contributed by atoms with Crippen molar-refractivity contribution in [1.29, 1.82) is 5.26 Å². The molecule has 0 spiro atoms. The Kier molecular flexibility index (Phi) is 4.79. The second-order valence-corrected chi connectivity index (χ2v) is 6.23. The molecule has 0 bridgehead atoms. The first kappa shape index (κ1) is 16.8. The van der Waals surface area contributed by atoms with Gasteiger partial charge in [0.1, 0.15) is 6.07 Å². The van der Waals surface area contributed by atoms with E-state index in [0.29, 0.717) is 17.2 Å². The number of hydrogen-bond acceptors (Lipinski definition) is 7. The van der Waals surface area contributed by atoms with Gasteiger partial charge in [0.25, 0.3) is 0 Å². The Morgan fingerprint density at radius 2 is 1.59 bits per heavy atom. The first-order chi connectivity index (χ1) is 13.3. The molecule has 0 saturated carbocycles. The molecule has 1 aromatic heterocycles. The second kappa shape index (κ2) is 7.70. The minimum Gasteiger partial charge on any atom is -0.368 e. The number of benzene rings is 2. The molecule has 1 aliphatic heterocycles. The molecule has 27 heavy (non-hydrogen) atoms. The topological polar surface area (TPSA) is 81.0 Å². The molecule has 3 aromatic rings. The molecule has 0 atom stereocenters. The number of para-hydroxylation sites is 2. The third-order valence-corrected chi connectivity index (χ3v) is 4.57. The third kappa shape index (κ3) is 3.80. The lowest BCUT2D eigenvalue weighted by Crippen LogP contribution is -2.46. The van der Waals surface area contributed by atoms with Crippen molar-refractivity contribution < 1.29 is 0 Å². The van der Waals surface area contributed by atoms with Gasteiger partial charge < -0.3 is 15.1 Å². The molecule has 1 fully saturated rings. The SMILES string of the molecule is N#Cc1ccccc1Nc1nncc(N2CCN(c3ccccc3)CC2)n1. The lowest BCUT2D eigenvalue weighted by molar-refractivity contribution is 0.645. The van der Waals surface area contributed by atoms with Crippen LogP contribution in [-0.4, -0.2) is 41.4 Å². The van der Waals surface area contributed by atoms with Crippen molar-refractivity contribution in [1.82, 2.24) is 15.2 Å². The standard InChI is InChI=1S/C20H19N7/c21-14-16-6-4-5-9-18(16)23-20-24-19(15-22-25-20)27-12-10-26(11-13-27)17-7-2-1-3-8-17/h1-9,15H,10-13H2,(H,23,24,25). The van der Waals surface area contributed by atoms with Gasteiger partial charge in [0.05, 0.1) is 17.4 Å². The molecular formula is C20H19N7. The van der Waals surface area contributed by atoms with Crippen LogP contribution in [0.15, 0.2) is 60.8 Å². The van der Waals surface area contributed by atoms with Crippen LogP contribution in [0, 0.1) is 11.3 Å². The average Bonchev–Trinajstić information content (AvgIpc) is 2.75. The lowest BCUT2D eigenvalue weighted by atomic mass is 10.2. The number of aromatic nitrogens is 3. The van der Waals surface area contributed by atoms with Crippen molar-refractivity contribution in [3.8, 4) is 6.07 Å². The van der Waals surface area contributed by atoms with E-state index >= 15 is 0 Å². The molecule has 1 saturated heterocycles. The van der Waals surface area contributed by atoms with Crippen LogP contribution in [-0.2, 0) is 0 Å². The smallest absolute Gasteiger partial charge is 0.249 e. The molecule has 134 valence electrons. The Balaban J connectivity index is 1.45. The predicted molar refractivity (Wildman–Crippen MR) is 105 cm³/mol. The fraction of sp³-hybridized carbons (Fsp3) is 0.200. The van der Waals surface area contributed by atoms with Gasteiger partial charge in [-0.25, -0.2) is 0 Å². The molecule has 4 rings (SSSR count). The van der Waals surface area contributed by atoms with Gasteiger partial charge in [0.15, 0.2) is 5.82 Å². The highest BCUT2D eigenvalue weighted by Crippen LogP contribution is 2.21.